The van der Waals surface area contributed by atoms with Gasteiger partial charge in [0.2, 0.25) is 0 Å². The van der Waals surface area contributed by atoms with Crippen molar-refractivity contribution in [3.05, 3.63) is 56.4 Å². The highest BCUT2D eigenvalue weighted by Gasteiger charge is 2.24. The molecule has 0 radical (unpaired) electrons. The summed E-state index contributed by atoms with van der Waals surface area (Å²) in [6, 6.07) is 12.0. The second kappa shape index (κ2) is 6.37. The maximum absolute atomic E-state index is 14.1. The Kier molecular flexibility index (Phi) is 4.54. The number of halogens is 2. The van der Waals surface area contributed by atoms with Crippen LogP contribution in [0.15, 0.2) is 40.2 Å². The van der Waals surface area contributed by atoms with Gasteiger partial charge >= 0.3 is 0 Å². The summed E-state index contributed by atoms with van der Waals surface area (Å²) in [6.45, 7) is 0.848. The molecule has 2 aromatic rings. The van der Waals surface area contributed by atoms with Crippen LogP contribution in [0.2, 0.25) is 0 Å². The Hall–Kier alpha value is -0.710. The van der Waals surface area contributed by atoms with Crippen molar-refractivity contribution in [2.45, 2.75) is 31.2 Å². The lowest BCUT2D eigenvalue weighted by molar-refractivity contribution is 0.538. The molecule has 20 heavy (non-hydrogen) atoms. The molecule has 0 amide bonds. The van der Waals surface area contributed by atoms with Gasteiger partial charge in [0.1, 0.15) is 5.82 Å². The van der Waals surface area contributed by atoms with E-state index in [1.165, 1.54) is 17.7 Å². The highest BCUT2D eigenvalue weighted by molar-refractivity contribution is 9.11. The summed E-state index contributed by atoms with van der Waals surface area (Å²) in [6.07, 6.45) is 3.40. The molecule has 1 aliphatic rings. The van der Waals surface area contributed by atoms with Crippen LogP contribution in [-0.2, 0) is 6.42 Å². The van der Waals surface area contributed by atoms with Crippen molar-refractivity contribution < 1.29 is 4.39 Å². The molecule has 1 fully saturated rings. The van der Waals surface area contributed by atoms with E-state index in [2.05, 4.69) is 33.4 Å². The fourth-order valence-electron chi connectivity index (χ4n) is 2.40. The van der Waals surface area contributed by atoms with Crippen LogP contribution in [0, 0.1) is 5.82 Å². The maximum atomic E-state index is 14.1. The summed E-state index contributed by atoms with van der Waals surface area (Å²) in [5.74, 6) is 0.105. The number of hydrogen-bond donors (Lipinski definition) is 1. The molecule has 1 unspecified atom stereocenters. The Bertz CT molecular complexity index is 579. The van der Waals surface area contributed by atoms with E-state index in [0.717, 1.165) is 22.3 Å². The van der Waals surface area contributed by atoms with E-state index in [9.17, 15) is 4.39 Å². The molecule has 0 bridgehead atoms. The van der Waals surface area contributed by atoms with Gasteiger partial charge in [0, 0.05) is 23.4 Å². The average Bonchev–Trinajstić information content (AvgIpc) is 3.18. The van der Waals surface area contributed by atoms with Crippen molar-refractivity contribution in [2.24, 2.45) is 0 Å². The van der Waals surface area contributed by atoms with Crippen LogP contribution in [0.3, 0.4) is 0 Å². The van der Waals surface area contributed by atoms with Crippen LogP contribution in [0.1, 0.15) is 29.2 Å². The molecule has 0 aliphatic heterocycles. The van der Waals surface area contributed by atoms with Gasteiger partial charge in [0.15, 0.2) is 0 Å². The SMILES string of the molecule is Fc1ccccc1C(CNC1CC1)Cc1ccc(Br)s1. The predicted molar refractivity (Wildman–Crippen MR) is 85.9 cm³/mol. The van der Waals surface area contributed by atoms with Gasteiger partial charge in [-0.25, -0.2) is 4.39 Å². The van der Waals surface area contributed by atoms with Gasteiger partial charge in [-0.1, -0.05) is 18.2 Å². The Morgan fingerprint density at radius 1 is 1.25 bits per heavy atom. The minimum Gasteiger partial charge on any atom is -0.313 e. The molecule has 3 rings (SSSR count). The van der Waals surface area contributed by atoms with E-state index in [1.807, 2.05) is 12.1 Å². The van der Waals surface area contributed by atoms with Crippen LogP contribution in [0.5, 0.6) is 0 Å². The predicted octanol–water partition coefficient (Wildman–Crippen LogP) is 4.73. The quantitative estimate of drug-likeness (QED) is 0.791. The van der Waals surface area contributed by atoms with E-state index in [-0.39, 0.29) is 11.7 Å². The van der Waals surface area contributed by atoms with E-state index in [1.54, 1.807) is 23.5 Å². The summed E-state index contributed by atoms with van der Waals surface area (Å²) in [4.78, 5) is 1.29. The van der Waals surface area contributed by atoms with E-state index >= 15 is 0 Å². The van der Waals surface area contributed by atoms with Gasteiger partial charge in [-0.15, -0.1) is 11.3 Å². The Morgan fingerprint density at radius 2 is 2.05 bits per heavy atom. The largest absolute Gasteiger partial charge is 0.313 e. The first kappa shape index (κ1) is 14.2. The molecule has 1 aliphatic carbocycles. The average molecular weight is 354 g/mol. The number of hydrogen-bond acceptors (Lipinski definition) is 2. The van der Waals surface area contributed by atoms with Crippen LogP contribution in [0.25, 0.3) is 0 Å². The number of rotatable bonds is 6. The van der Waals surface area contributed by atoms with Gasteiger partial charge in [-0.05, 0) is 59.0 Å². The van der Waals surface area contributed by atoms with Crippen molar-refractivity contribution in [1.82, 2.24) is 5.32 Å². The van der Waals surface area contributed by atoms with Gasteiger partial charge in [0.25, 0.3) is 0 Å². The molecule has 1 atom stereocenters. The summed E-state index contributed by atoms with van der Waals surface area (Å²) in [7, 11) is 0. The second-order valence-corrected chi connectivity index (χ2v) is 7.86. The fourth-order valence-corrected chi connectivity index (χ4v) is 3.96. The first-order valence-corrected chi connectivity index (χ1v) is 8.55. The lowest BCUT2D eigenvalue weighted by atomic mass is 9.94. The summed E-state index contributed by atoms with van der Waals surface area (Å²) in [5.41, 5.74) is 0.824. The van der Waals surface area contributed by atoms with Crippen LogP contribution in [-0.4, -0.2) is 12.6 Å². The third-order valence-corrected chi connectivity index (χ3v) is 5.30. The van der Waals surface area contributed by atoms with E-state index in [0.29, 0.717) is 6.04 Å². The van der Waals surface area contributed by atoms with E-state index < -0.39 is 0 Å². The lowest BCUT2D eigenvalue weighted by Crippen LogP contribution is -2.25. The van der Waals surface area contributed by atoms with Crippen molar-refractivity contribution >= 4 is 27.3 Å². The first-order valence-electron chi connectivity index (χ1n) is 6.94. The van der Waals surface area contributed by atoms with Gasteiger partial charge in [-0.2, -0.15) is 0 Å². The second-order valence-electron chi connectivity index (χ2n) is 5.31. The molecule has 106 valence electrons. The molecular weight excluding hydrogens is 337 g/mol. The van der Waals surface area contributed by atoms with Crippen LogP contribution < -0.4 is 5.32 Å². The van der Waals surface area contributed by atoms with Gasteiger partial charge in [0.05, 0.1) is 3.79 Å². The standard InChI is InChI=1S/C16H17BrFNS/c17-16-8-7-13(20-16)9-11(10-19-12-5-6-12)14-3-1-2-4-15(14)18/h1-4,7-8,11-12,19H,5-6,9-10H2. The maximum Gasteiger partial charge on any atom is 0.126 e. The van der Waals surface area contributed by atoms with Gasteiger partial charge < -0.3 is 5.32 Å². The molecule has 0 saturated heterocycles. The fraction of sp³-hybridized carbons (Fsp3) is 0.375. The number of nitrogens with one attached hydrogen (secondary N) is 1. The topological polar surface area (TPSA) is 12.0 Å². The Morgan fingerprint density at radius 3 is 2.70 bits per heavy atom. The number of benzene rings is 1. The Balaban J connectivity index is 1.77. The third kappa shape index (κ3) is 3.68. The summed E-state index contributed by atoms with van der Waals surface area (Å²) in [5, 5.41) is 3.54. The molecule has 4 heteroatoms. The number of thiophene rings is 1. The minimum atomic E-state index is -0.0919. The molecule has 0 spiro atoms. The van der Waals surface area contributed by atoms with E-state index in [4.69, 9.17) is 0 Å². The molecule has 1 heterocycles. The third-order valence-electron chi connectivity index (χ3n) is 3.65. The van der Waals surface area contributed by atoms with Crippen molar-refractivity contribution in [3.8, 4) is 0 Å². The monoisotopic (exact) mass is 353 g/mol. The van der Waals surface area contributed by atoms with Crippen LogP contribution in [0.4, 0.5) is 4.39 Å². The van der Waals surface area contributed by atoms with Crippen LogP contribution >= 0.6 is 27.3 Å². The van der Waals surface area contributed by atoms with Crippen molar-refractivity contribution in [2.75, 3.05) is 6.54 Å². The zero-order valence-corrected chi connectivity index (χ0v) is 13.5. The minimum absolute atomic E-state index is 0.0919. The summed E-state index contributed by atoms with van der Waals surface area (Å²) < 4.78 is 15.2. The first-order chi connectivity index (χ1) is 9.72. The smallest absolute Gasteiger partial charge is 0.126 e. The molecule has 1 aromatic carbocycles. The molecule has 1 saturated carbocycles. The molecule has 1 aromatic heterocycles. The van der Waals surface area contributed by atoms with Gasteiger partial charge in [-0.3, -0.25) is 0 Å². The molecule has 1 nitrogen and oxygen atoms in total. The summed E-state index contributed by atoms with van der Waals surface area (Å²) >= 11 is 5.23. The molecular formula is C16H17BrFNS. The highest BCUT2D eigenvalue weighted by atomic mass is 79.9. The lowest BCUT2D eigenvalue weighted by Gasteiger charge is -2.18. The zero-order chi connectivity index (χ0) is 13.9. The Labute approximate surface area is 131 Å². The normalized spacial score (nSPS) is 16.3. The zero-order valence-electron chi connectivity index (χ0n) is 11.1. The molecule has 1 N–H and O–H groups in total. The van der Waals surface area contributed by atoms with Crippen molar-refractivity contribution in [1.29, 1.82) is 0 Å². The highest BCUT2D eigenvalue weighted by Crippen LogP contribution is 2.30. The van der Waals surface area contributed by atoms with Crippen molar-refractivity contribution in [3.63, 3.8) is 0 Å².